The molecule has 0 aliphatic heterocycles. The van der Waals surface area contributed by atoms with E-state index >= 15 is 0 Å². The molecule has 0 aliphatic carbocycles. The van der Waals surface area contributed by atoms with E-state index in [1.165, 1.54) is 0 Å². The normalized spacial score (nSPS) is 14.1. The number of benzene rings is 2. The highest BCUT2D eigenvalue weighted by atomic mass is 19.4. The van der Waals surface area contributed by atoms with Crippen LogP contribution in [0.3, 0.4) is 0 Å². The van der Waals surface area contributed by atoms with Gasteiger partial charge in [0, 0.05) is 6.42 Å². The molecule has 0 aromatic heterocycles. The van der Waals surface area contributed by atoms with E-state index in [0.717, 1.165) is 35.4 Å². The number of aliphatic hydroxyl groups excluding tert-OH is 1. The minimum absolute atomic E-state index is 0.0294. The summed E-state index contributed by atoms with van der Waals surface area (Å²) in [4.78, 5) is 24.1. The number of halogens is 3. The molecule has 0 saturated carbocycles. The molecule has 0 fully saturated rings. The average Bonchev–Trinajstić information content (AvgIpc) is 2.65. The zero-order valence-electron chi connectivity index (χ0n) is 17.0. The molecule has 5 nitrogen and oxygen atoms in total. The molecule has 0 aliphatic rings. The molecule has 0 heterocycles. The number of nitrogens with two attached hydrogens (primary N) is 1. The van der Waals surface area contributed by atoms with Gasteiger partial charge in [0.2, 0.25) is 5.91 Å². The molecular formula is C22H25F3N2O3. The van der Waals surface area contributed by atoms with E-state index in [2.05, 4.69) is 26.1 Å². The second-order valence-corrected chi connectivity index (χ2v) is 8.14. The Balaban J connectivity index is 2.08. The first-order valence-electron chi connectivity index (χ1n) is 9.33. The molecule has 4 N–H and O–H groups in total. The van der Waals surface area contributed by atoms with Gasteiger partial charge in [0.05, 0.1) is 5.56 Å². The molecule has 30 heavy (non-hydrogen) atoms. The second-order valence-electron chi connectivity index (χ2n) is 8.14. The molecule has 0 saturated heterocycles. The summed E-state index contributed by atoms with van der Waals surface area (Å²) in [6.07, 6.45) is -6.14. The quantitative estimate of drug-likeness (QED) is 0.667. The molecule has 8 heteroatoms. The maximum atomic E-state index is 12.6. The SMILES string of the molecule is CC(C)(C)c1ccc(C[C@@H](NC(=O)[C@@H](O)c2ccc(C(F)(F)F)cc2)C(N)=O)cc1. The number of primary amides is 1. The van der Waals surface area contributed by atoms with Gasteiger partial charge in [-0.3, -0.25) is 9.59 Å². The Bertz CT molecular complexity index is 886. The first-order valence-corrected chi connectivity index (χ1v) is 9.33. The number of hydrogen-bond donors (Lipinski definition) is 3. The number of carbonyl (C=O) groups excluding carboxylic acids is 2. The summed E-state index contributed by atoms with van der Waals surface area (Å²) in [6, 6.07) is 9.99. The van der Waals surface area contributed by atoms with Gasteiger partial charge >= 0.3 is 6.18 Å². The molecule has 2 aromatic carbocycles. The molecular weight excluding hydrogens is 397 g/mol. The highest BCUT2D eigenvalue weighted by Gasteiger charge is 2.31. The van der Waals surface area contributed by atoms with Gasteiger partial charge in [-0.05, 0) is 34.2 Å². The van der Waals surface area contributed by atoms with Gasteiger partial charge in [-0.15, -0.1) is 0 Å². The predicted molar refractivity (Wildman–Crippen MR) is 106 cm³/mol. The number of amides is 2. The van der Waals surface area contributed by atoms with Crippen molar-refractivity contribution in [2.45, 2.75) is 50.9 Å². The minimum atomic E-state index is -4.52. The van der Waals surface area contributed by atoms with Crippen LogP contribution < -0.4 is 11.1 Å². The third kappa shape index (κ3) is 6.06. The Labute approximate surface area is 173 Å². The van der Waals surface area contributed by atoms with Gasteiger partial charge in [0.25, 0.3) is 5.91 Å². The molecule has 2 aromatic rings. The topological polar surface area (TPSA) is 92.4 Å². The Kier molecular flexibility index (Phi) is 6.92. The van der Waals surface area contributed by atoms with Crippen molar-refractivity contribution in [2.24, 2.45) is 5.73 Å². The minimum Gasteiger partial charge on any atom is -0.378 e. The highest BCUT2D eigenvalue weighted by molar-refractivity contribution is 5.89. The van der Waals surface area contributed by atoms with Crippen molar-refractivity contribution in [3.05, 3.63) is 70.8 Å². The van der Waals surface area contributed by atoms with Gasteiger partial charge in [0.15, 0.2) is 6.10 Å². The lowest BCUT2D eigenvalue weighted by Crippen LogP contribution is -2.47. The zero-order valence-corrected chi connectivity index (χ0v) is 17.0. The van der Waals surface area contributed by atoms with Crippen LogP contribution in [0, 0.1) is 0 Å². The van der Waals surface area contributed by atoms with E-state index in [1.54, 1.807) is 0 Å². The van der Waals surface area contributed by atoms with E-state index in [4.69, 9.17) is 5.73 Å². The molecule has 0 bridgehead atoms. The van der Waals surface area contributed by atoms with Gasteiger partial charge in [-0.2, -0.15) is 13.2 Å². The van der Waals surface area contributed by atoms with Crippen molar-refractivity contribution in [3.63, 3.8) is 0 Å². The van der Waals surface area contributed by atoms with Gasteiger partial charge in [0.1, 0.15) is 6.04 Å². The van der Waals surface area contributed by atoms with E-state index in [9.17, 15) is 27.9 Å². The molecule has 2 amide bonds. The molecule has 162 valence electrons. The number of hydrogen-bond acceptors (Lipinski definition) is 3. The van der Waals surface area contributed by atoms with Gasteiger partial charge in [-0.25, -0.2) is 0 Å². The van der Waals surface area contributed by atoms with Crippen LogP contribution in [0.1, 0.15) is 49.1 Å². The van der Waals surface area contributed by atoms with Crippen LogP contribution in [0.25, 0.3) is 0 Å². The fraction of sp³-hybridized carbons (Fsp3) is 0.364. The van der Waals surface area contributed by atoms with Crippen LogP contribution in [-0.4, -0.2) is 23.0 Å². The fourth-order valence-corrected chi connectivity index (χ4v) is 2.86. The first-order chi connectivity index (χ1) is 13.8. The van der Waals surface area contributed by atoms with E-state index in [-0.39, 0.29) is 17.4 Å². The zero-order chi connectivity index (χ0) is 22.7. The summed E-state index contributed by atoms with van der Waals surface area (Å²) in [6.45, 7) is 6.20. The molecule has 0 unspecified atom stereocenters. The lowest BCUT2D eigenvalue weighted by molar-refractivity contribution is -0.137. The Morgan fingerprint density at radius 2 is 1.47 bits per heavy atom. The predicted octanol–water partition coefficient (Wildman–Crippen LogP) is 3.25. The lowest BCUT2D eigenvalue weighted by atomic mass is 9.86. The molecule has 0 radical (unpaired) electrons. The maximum absolute atomic E-state index is 12.6. The highest BCUT2D eigenvalue weighted by Crippen LogP contribution is 2.30. The smallest absolute Gasteiger partial charge is 0.378 e. The largest absolute Gasteiger partial charge is 0.416 e. The van der Waals surface area contributed by atoms with Crippen LogP contribution in [0.4, 0.5) is 13.2 Å². The summed E-state index contributed by atoms with van der Waals surface area (Å²) in [5.41, 5.74) is 6.27. The summed E-state index contributed by atoms with van der Waals surface area (Å²) in [5, 5.41) is 12.5. The van der Waals surface area contributed by atoms with Crippen molar-refractivity contribution in [1.29, 1.82) is 0 Å². The molecule has 2 rings (SSSR count). The summed E-state index contributed by atoms with van der Waals surface area (Å²) < 4.78 is 37.9. The number of aliphatic hydroxyl groups is 1. The number of rotatable bonds is 6. The van der Waals surface area contributed by atoms with Crippen molar-refractivity contribution < 1.29 is 27.9 Å². The Hall–Kier alpha value is -2.87. The van der Waals surface area contributed by atoms with Crippen molar-refractivity contribution in [2.75, 3.05) is 0 Å². The van der Waals surface area contributed by atoms with Crippen LogP contribution in [0.5, 0.6) is 0 Å². The maximum Gasteiger partial charge on any atom is 0.416 e. The first kappa shape index (κ1) is 23.4. The fourth-order valence-electron chi connectivity index (χ4n) is 2.86. The van der Waals surface area contributed by atoms with E-state index < -0.39 is 35.7 Å². The number of nitrogens with one attached hydrogen (secondary N) is 1. The molecule has 2 atom stereocenters. The van der Waals surface area contributed by atoms with Gasteiger partial charge < -0.3 is 16.2 Å². The Morgan fingerprint density at radius 3 is 1.90 bits per heavy atom. The second kappa shape index (κ2) is 8.87. The van der Waals surface area contributed by atoms with Crippen molar-refractivity contribution in [1.82, 2.24) is 5.32 Å². The van der Waals surface area contributed by atoms with Crippen LogP contribution in [-0.2, 0) is 27.6 Å². The monoisotopic (exact) mass is 422 g/mol. The van der Waals surface area contributed by atoms with Crippen molar-refractivity contribution >= 4 is 11.8 Å². The summed E-state index contributed by atoms with van der Waals surface area (Å²) in [7, 11) is 0. The van der Waals surface area contributed by atoms with E-state index in [0.29, 0.717) is 0 Å². The van der Waals surface area contributed by atoms with Gasteiger partial charge in [-0.1, -0.05) is 57.2 Å². The Morgan fingerprint density at radius 1 is 0.967 bits per heavy atom. The average molecular weight is 422 g/mol. The number of alkyl halides is 3. The van der Waals surface area contributed by atoms with Crippen LogP contribution >= 0.6 is 0 Å². The third-order valence-corrected chi connectivity index (χ3v) is 4.72. The standard InChI is InChI=1S/C22H25F3N2O3/c1-21(2,3)15-8-4-13(5-9-15)12-17(19(26)29)27-20(30)18(28)14-6-10-16(11-7-14)22(23,24)25/h4-11,17-18,28H,12H2,1-3H3,(H2,26,29)(H,27,30)/t17-,18+/m1/s1. The van der Waals surface area contributed by atoms with Crippen LogP contribution in [0.15, 0.2) is 48.5 Å². The van der Waals surface area contributed by atoms with Crippen LogP contribution in [0.2, 0.25) is 0 Å². The van der Waals surface area contributed by atoms with Crippen molar-refractivity contribution in [3.8, 4) is 0 Å². The summed E-state index contributed by atoms with van der Waals surface area (Å²) >= 11 is 0. The third-order valence-electron chi connectivity index (χ3n) is 4.72. The lowest BCUT2D eigenvalue weighted by Gasteiger charge is -2.21. The summed E-state index contributed by atoms with van der Waals surface area (Å²) in [5.74, 6) is -1.72. The number of carbonyl (C=O) groups is 2. The van der Waals surface area contributed by atoms with E-state index in [1.807, 2.05) is 24.3 Å². The molecule has 0 spiro atoms.